The van der Waals surface area contributed by atoms with Crippen LogP contribution >= 0.6 is 11.8 Å². The number of allylic oxidation sites excluding steroid dienone is 1. The van der Waals surface area contributed by atoms with E-state index in [2.05, 4.69) is 36.3 Å². The molecule has 1 heterocycles. The van der Waals surface area contributed by atoms with Crippen molar-refractivity contribution in [2.45, 2.75) is 31.9 Å². The van der Waals surface area contributed by atoms with E-state index in [1.54, 1.807) is 7.11 Å². The molecule has 3 aromatic carbocycles. The average molecular weight is 487 g/mol. The summed E-state index contributed by atoms with van der Waals surface area (Å²) in [5.41, 5.74) is 4.92. The third kappa shape index (κ3) is 6.28. The molecule has 4 rings (SSSR count). The summed E-state index contributed by atoms with van der Waals surface area (Å²) in [6, 6.07) is 22.2. The molecular weight excluding hydrogens is 456 g/mol. The first kappa shape index (κ1) is 24.5. The molecule has 1 aliphatic heterocycles. The molecule has 5 nitrogen and oxygen atoms in total. The van der Waals surface area contributed by atoms with Gasteiger partial charge in [-0.05, 0) is 59.9 Å². The van der Waals surface area contributed by atoms with Gasteiger partial charge in [0.1, 0.15) is 6.61 Å². The molecule has 3 aromatic rings. The van der Waals surface area contributed by atoms with Crippen LogP contribution in [0.4, 0.5) is 5.69 Å². The molecule has 1 atom stereocenters. The highest BCUT2D eigenvalue weighted by Gasteiger charge is 2.27. The lowest BCUT2D eigenvalue weighted by atomic mass is 10.0. The van der Waals surface area contributed by atoms with Crippen molar-refractivity contribution in [3.05, 3.63) is 107 Å². The maximum atomic E-state index is 12.7. The molecule has 1 saturated heterocycles. The number of rotatable bonds is 10. The molecule has 0 radical (unpaired) electrons. The van der Waals surface area contributed by atoms with Crippen molar-refractivity contribution in [3.63, 3.8) is 0 Å². The van der Waals surface area contributed by atoms with Crippen molar-refractivity contribution in [1.82, 2.24) is 5.32 Å². The van der Waals surface area contributed by atoms with Crippen molar-refractivity contribution in [2.75, 3.05) is 12.4 Å². The Morgan fingerprint density at radius 1 is 1.09 bits per heavy atom. The number of carbonyl (C=O) groups excluding carboxylic acids is 1. The first-order chi connectivity index (χ1) is 17.1. The largest absolute Gasteiger partial charge is 0.493 e. The number of hydrogen-bond donors (Lipinski definition) is 2. The standard InChI is InChI=1S/C29H30N2O3S/c1-4-9-23-16-22(17-25(33-3)27(23)34-19-21-10-7-6-8-11-21)18-26-28(32)31-29(35-26)30-24-14-12-20(5-2)13-15-24/h4,6-8,10-18,29-30H,1,5,9,19H2,2-3H3,(H,31,32)/b26-18-/t29-/m1/s1. The van der Waals surface area contributed by atoms with Gasteiger partial charge in [-0.2, -0.15) is 0 Å². The Morgan fingerprint density at radius 3 is 2.54 bits per heavy atom. The molecule has 0 aliphatic carbocycles. The molecule has 0 aromatic heterocycles. The second-order valence-electron chi connectivity index (χ2n) is 8.15. The molecule has 1 aliphatic rings. The van der Waals surface area contributed by atoms with Crippen LogP contribution in [0, 0.1) is 0 Å². The lowest BCUT2D eigenvalue weighted by molar-refractivity contribution is -0.116. The van der Waals surface area contributed by atoms with Crippen LogP contribution in [-0.4, -0.2) is 18.5 Å². The number of ether oxygens (including phenoxy) is 2. The van der Waals surface area contributed by atoms with E-state index in [9.17, 15) is 4.79 Å². The van der Waals surface area contributed by atoms with Crippen LogP contribution in [-0.2, 0) is 24.2 Å². The number of hydrogen-bond acceptors (Lipinski definition) is 5. The second kappa shape index (κ2) is 11.7. The fourth-order valence-corrected chi connectivity index (χ4v) is 4.81. The quantitative estimate of drug-likeness (QED) is 0.265. The fourth-order valence-electron chi connectivity index (χ4n) is 3.82. The van der Waals surface area contributed by atoms with Gasteiger partial charge in [0.15, 0.2) is 17.0 Å². The van der Waals surface area contributed by atoms with Gasteiger partial charge in [0, 0.05) is 11.3 Å². The van der Waals surface area contributed by atoms with Gasteiger partial charge in [-0.3, -0.25) is 4.79 Å². The maximum absolute atomic E-state index is 12.7. The molecule has 35 heavy (non-hydrogen) atoms. The summed E-state index contributed by atoms with van der Waals surface area (Å²) < 4.78 is 11.8. The monoisotopic (exact) mass is 486 g/mol. The number of amides is 1. The topological polar surface area (TPSA) is 59.6 Å². The third-order valence-electron chi connectivity index (χ3n) is 5.65. The molecule has 0 unspecified atom stereocenters. The maximum Gasteiger partial charge on any atom is 0.260 e. The van der Waals surface area contributed by atoms with Crippen LogP contribution in [0.3, 0.4) is 0 Å². The first-order valence-corrected chi connectivity index (χ1v) is 12.5. The Bertz CT molecular complexity index is 1210. The number of aryl methyl sites for hydroxylation is 1. The summed E-state index contributed by atoms with van der Waals surface area (Å²) in [5, 5.41) is 6.36. The predicted molar refractivity (Wildman–Crippen MR) is 145 cm³/mol. The molecule has 180 valence electrons. The van der Waals surface area contributed by atoms with E-state index < -0.39 is 0 Å². The molecule has 1 fully saturated rings. The first-order valence-electron chi connectivity index (χ1n) is 11.6. The smallest absolute Gasteiger partial charge is 0.260 e. The van der Waals surface area contributed by atoms with Crippen LogP contribution < -0.4 is 20.1 Å². The van der Waals surface area contributed by atoms with Gasteiger partial charge in [-0.1, -0.05) is 67.2 Å². The van der Waals surface area contributed by atoms with Gasteiger partial charge >= 0.3 is 0 Å². The lowest BCUT2D eigenvalue weighted by Gasteiger charge is -2.16. The van der Waals surface area contributed by atoms with Crippen molar-refractivity contribution < 1.29 is 14.3 Å². The SMILES string of the molecule is C=CCc1cc(/C=C2\S[C@H](Nc3ccc(CC)cc3)NC2=O)cc(OC)c1OCc1ccccc1. The Labute approximate surface area is 211 Å². The normalized spacial score (nSPS) is 16.1. The van der Waals surface area contributed by atoms with Crippen molar-refractivity contribution in [2.24, 2.45) is 0 Å². The molecule has 0 spiro atoms. The van der Waals surface area contributed by atoms with Crippen molar-refractivity contribution in [1.29, 1.82) is 0 Å². The zero-order chi connectivity index (χ0) is 24.6. The summed E-state index contributed by atoms with van der Waals surface area (Å²) in [4.78, 5) is 13.3. The van der Waals surface area contributed by atoms with E-state index in [1.165, 1.54) is 17.3 Å². The predicted octanol–water partition coefficient (Wildman–Crippen LogP) is 6.16. The van der Waals surface area contributed by atoms with Crippen LogP contribution in [0.1, 0.15) is 29.2 Å². The van der Waals surface area contributed by atoms with Crippen molar-refractivity contribution >= 4 is 29.4 Å². The number of carbonyl (C=O) groups is 1. The minimum Gasteiger partial charge on any atom is -0.493 e. The van der Waals surface area contributed by atoms with Gasteiger partial charge in [-0.15, -0.1) is 6.58 Å². The molecule has 2 N–H and O–H groups in total. The average Bonchev–Trinajstić information content (AvgIpc) is 3.22. The van der Waals surface area contributed by atoms with E-state index in [0.717, 1.165) is 28.8 Å². The number of nitrogens with one attached hydrogen (secondary N) is 2. The molecule has 0 saturated carbocycles. The molecule has 1 amide bonds. The van der Waals surface area contributed by atoms with Crippen LogP contribution in [0.5, 0.6) is 11.5 Å². The fraction of sp³-hybridized carbons (Fsp3) is 0.207. The van der Waals surface area contributed by atoms with E-state index >= 15 is 0 Å². The summed E-state index contributed by atoms with van der Waals surface area (Å²) in [6.07, 6.45) is 5.34. The van der Waals surface area contributed by atoms with Gasteiger partial charge in [-0.25, -0.2) is 0 Å². The minimum absolute atomic E-state index is 0.105. The van der Waals surface area contributed by atoms with Crippen molar-refractivity contribution in [3.8, 4) is 11.5 Å². The molecule has 0 bridgehead atoms. The highest BCUT2D eigenvalue weighted by Crippen LogP contribution is 2.37. The van der Waals surface area contributed by atoms with Gasteiger partial charge < -0.3 is 20.1 Å². The summed E-state index contributed by atoms with van der Waals surface area (Å²) in [5.74, 6) is 1.21. The van der Waals surface area contributed by atoms with Crippen LogP contribution in [0.2, 0.25) is 0 Å². The molecule has 6 heteroatoms. The Balaban J connectivity index is 1.53. The molecular formula is C29H30N2O3S. The Kier molecular flexibility index (Phi) is 8.16. The number of anilines is 1. The minimum atomic E-state index is -0.232. The highest BCUT2D eigenvalue weighted by atomic mass is 32.2. The summed E-state index contributed by atoms with van der Waals surface area (Å²) >= 11 is 1.46. The van der Waals surface area contributed by atoms with E-state index in [4.69, 9.17) is 9.47 Å². The van der Waals surface area contributed by atoms with E-state index in [1.807, 2.05) is 66.7 Å². The van der Waals surface area contributed by atoms with E-state index in [0.29, 0.717) is 29.4 Å². The summed E-state index contributed by atoms with van der Waals surface area (Å²) in [7, 11) is 1.63. The number of methoxy groups -OCH3 is 1. The van der Waals surface area contributed by atoms with Gasteiger partial charge in [0.25, 0.3) is 5.91 Å². The zero-order valence-electron chi connectivity index (χ0n) is 20.0. The zero-order valence-corrected chi connectivity index (χ0v) is 20.9. The summed E-state index contributed by atoms with van der Waals surface area (Å²) in [6.45, 7) is 6.45. The Hall–Kier alpha value is -3.64. The second-order valence-corrected chi connectivity index (χ2v) is 9.30. The lowest BCUT2D eigenvalue weighted by Crippen LogP contribution is -2.30. The van der Waals surface area contributed by atoms with Crippen LogP contribution in [0.15, 0.2) is 84.3 Å². The van der Waals surface area contributed by atoms with E-state index in [-0.39, 0.29) is 11.4 Å². The highest BCUT2D eigenvalue weighted by molar-refractivity contribution is 8.05. The number of benzene rings is 3. The Morgan fingerprint density at radius 2 is 1.86 bits per heavy atom. The van der Waals surface area contributed by atoms with Gasteiger partial charge in [0.2, 0.25) is 0 Å². The van der Waals surface area contributed by atoms with Gasteiger partial charge in [0.05, 0.1) is 12.0 Å². The third-order valence-corrected chi connectivity index (χ3v) is 6.68. The number of thioether (sulfide) groups is 1. The van der Waals surface area contributed by atoms with Crippen LogP contribution in [0.25, 0.3) is 6.08 Å².